The summed E-state index contributed by atoms with van der Waals surface area (Å²) in [6.45, 7) is 5.31. The van der Waals surface area contributed by atoms with Crippen molar-refractivity contribution in [1.82, 2.24) is 10.0 Å². The molecule has 1 aromatic rings. The molecule has 0 unspecified atom stereocenters. The zero-order valence-electron chi connectivity index (χ0n) is 12.7. The Kier molecular flexibility index (Phi) is 7.85. The molecule has 1 rings (SSSR count). The molecule has 0 fully saturated rings. The first-order valence-electron chi connectivity index (χ1n) is 7.34. The third-order valence-corrected chi connectivity index (χ3v) is 4.51. The minimum absolute atomic E-state index is 0.149. The molecule has 0 amide bonds. The summed E-state index contributed by atoms with van der Waals surface area (Å²) in [5, 5.41) is 3.26. The van der Waals surface area contributed by atoms with Crippen LogP contribution in [0.5, 0.6) is 0 Å². The van der Waals surface area contributed by atoms with Crippen LogP contribution in [0.15, 0.2) is 24.3 Å². The molecule has 2 N–H and O–H groups in total. The molecular weight excluding hydrogens is 291 g/mol. The maximum atomic E-state index is 12.7. The lowest BCUT2D eigenvalue weighted by Gasteiger charge is -2.09. The standard InChI is InChI=1S/C15H25FN2O2S/c1-13(2)17-10-3-4-12-21(19,20)18-11-9-14-5-7-15(16)8-6-14/h5-8,13,17-18H,3-4,9-12H2,1-2H3. The van der Waals surface area contributed by atoms with Gasteiger partial charge in [-0.3, -0.25) is 0 Å². The second kappa shape index (κ2) is 9.12. The summed E-state index contributed by atoms with van der Waals surface area (Å²) in [5.74, 6) is -0.134. The fourth-order valence-corrected chi connectivity index (χ4v) is 3.02. The smallest absolute Gasteiger partial charge is 0.211 e. The third kappa shape index (κ3) is 8.80. The highest BCUT2D eigenvalue weighted by Gasteiger charge is 2.09. The fourth-order valence-electron chi connectivity index (χ4n) is 1.88. The zero-order chi connectivity index (χ0) is 15.7. The maximum absolute atomic E-state index is 12.7. The first-order chi connectivity index (χ1) is 9.89. The molecule has 0 aliphatic heterocycles. The fraction of sp³-hybridized carbons (Fsp3) is 0.600. The second-order valence-corrected chi connectivity index (χ2v) is 7.33. The summed E-state index contributed by atoms with van der Waals surface area (Å²) >= 11 is 0. The minimum atomic E-state index is -3.21. The van der Waals surface area contributed by atoms with Crippen LogP contribution in [-0.2, 0) is 16.4 Å². The van der Waals surface area contributed by atoms with Crippen molar-refractivity contribution in [2.45, 2.75) is 39.2 Å². The minimum Gasteiger partial charge on any atom is -0.315 e. The van der Waals surface area contributed by atoms with E-state index in [9.17, 15) is 12.8 Å². The normalized spacial score (nSPS) is 12.0. The Hall–Kier alpha value is -0.980. The van der Waals surface area contributed by atoms with E-state index in [-0.39, 0.29) is 11.6 Å². The Bertz CT molecular complexity index is 501. The molecule has 21 heavy (non-hydrogen) atoms. The Morgan fingerprint density at radius 3 is 2.38 bits per heavy atom. The van der Waals surface area contributed by atoms with E-state index in [1.165, 1.54) is 12.1 Å². The number of sulfonamides is 1. The molecule has 4 nitrogen and oxygen atoms in total. The van der Waals surface area contributed by atoms with Gasteiger partial charge in [0.1, 0.15) is 5.82 Å². The molecule has 6 heteroatoms. The Labute approximate surface area is 127 Å². The van der Waals surface area contributed by atoms with E-state index in [2.05, 4.69) is 23.9 Å². The quantitative estimate of drug-likeness (QED) is 0.650. The van der Waals surface area contributed by atoms with Crippen LogP contribution in [0.3, 0.4) is 0 Å². The third-order valence-electron chi connectivity index (χ3n) is 3.04. The SMILES string of the molecule is CC(C)NCCCCS(=O)(=O)NCCc1ccc(F)cc1. The summed E-state index contributed by atoms with van der Waals surface area (Å²) in [6.07, 6.45) is 2.05. The van der Waals surface area contributed by atoms with Crippen LogP contribution in [-0.4, -0.2) is 33.3 Å². The molecule has 0 aliphatic carbocycles. The average molecular weight is 316 g/mol. The molecule has 0 aromatic heterocycles. The van der Waals surface area contributed by atoms with Crippen molar-refractivity contribution in [2.75, 3.05) is 18.8 Å². The highest BCUT2D eigenvalue weighted by atomic mass is 32.2. The van der Waals surface area contributed by atoms with Crippen LogP contribution >= 0.6 is 0 Å². The van der Waals surface area contributed by atoms with Crippen LogP contribution in [0.4, 0.5) is 4.39 Å². The molecule has 0 bridgehead atoms. The molecule has 0 aliphatic rings. The van der Waals surface area contributed by atoms with Crippen LogP contribution < -0.4 is 10.0 Å². The maximum Gasteiger partial charge on any atom is 0.211 e. The number of halogens is 1. The van der Waals surface area contributed by atoms with Gasteiger partial charge in [0.25, 0.3) is 0 Å². The highest BCUT2D eigenvalue weighted by molar-refractivity contribution is 7.89. The molecule has 0 heterocycles. The van der Waals surface area contributed by atoms with E-state index in [4.69, 9.17) is 0 Å². The van der Waals surface area contributed by atoms with Gasteiger partial charge in [-0.25, -0.2) is 17.5 Å². The van der Waals surface area contributed by atoms with E-state index >= 15 is 0 Å². The van der Waals surface area contributed by atoms with Crippen molar-refractivity contribution >= 4 is 10.0 Å². The lowest BCUT2D eigenvalue weighted by Crippen LogP contribution is -2.29. The monoisotopic (exact) mass is 316 g/mol. The van der Waals surface area contributed by atoms with Crippen LogP contribution in [0.25, 0.3) is 0 Å². The molecule has 0 spiro atoms. The van der Waals surface area contributed by atoms with Crippen molar-refractivity contribution in [3.8, 4) is 0 Å². The molecular formula is C15H25FN2O2S. The second-order valence-electron chi connectivity index (χ2n) is 5.41. The summed E-state index contributed by atoms with van der Waals surface area (Å²) < 4.78 is 38.9. The van der Waals surface area contributed by atoms with Crippen LogP contribution in [0, 0.1) is 5.82 Å². The topological polar surface area (TPSA) is 58.2 Å². The number of hydrogen-bond donors (Lipinski definition) is 2. The van der Waals surface area contributed by atoms with Crippen LogP contribution in [0.1, 0.15) is 32.3 Å². The molecule has 0 saturated carbocycles. The van der Waals surface area contributed by atoms with Gasteiger partial charge in [0.05, 0.1) is 5.75 Å². The Morgan fingerprint density at radius 2 is 1.76 bits per heavy atom. The first-order valence-corrected chi connectivity index (χ1v) is 8.99. The van der Waals surface area contributed by atoms with Crippen molar-refractivity contribution in [3.63, 3.8) is 0 Å². The van der Waals surface area contributed by atoms with Crippen molar-refractivity contribution < 1.29 is 12.8 Å². The summed E-state index contributed by atoms with van der Waals surface area (Å²) in [7, 11) is -3.21. The Balaban J connectivity index is 2.19. The van der Waals surface area contributed by atoms with E-state index < -0.39 is 10.0 Å². The predicted octanol–water partition coefficient (Wildman–Crippen LogP) is 2.07. The van der Waals surface area contributed by atoms with Crippen molar-refractivity contribution in [3.05, 3.63) is 35.6 Å². The zero-order valence-corrected chi connectivity index (χ0v) is 13.5. The lowest BCUT2D eigenvalue weighted by atomic mass is 10.1. The van der Waals surface area contributed by atoms with Gasteiger partial charge in [0.15, 0.2) is 0 Å². The van der Waals surface area contributed by atoms with Gasteiger partial charge in [0, 0.05) is 12.6 Å². The molecule has 1 aromatic carbocycles. The predicted molar refractivity (Wildman–Crippen MR) is 84.3 cm³/mol. The number of rotatable bonds is 10. The lowest BCUT2D eigenvalue weighted by molar-refractivity contribution is 0.555. The van der Waals surface area contributed by atoms with Gasteiger partial charge in [-0.15, -0.1) is 0 Å². The van der Waals surface area contributed by atoms with Crippen molar-refractivity contribution in [1.29, 1.82) is 0 Å². The number of unbranched alkanes of at least 4 members (excludes halogenated alkanes) is 1. The van der Waals surface area contributed by atoms with E-state index in [1.807, 2.05) is 0 Å². The van der Waals surface area contributed by atoms with Crippen LogP contribution in [0.2, 0.25) is 0 Å². The highest BCUT2D eigenvalue weighted by Crippen LogP contribution is 2.03. The first kappa shape index (κ1) is 18.1. The van der Waals surface area contributed by atoms with Gasteiger partial charge >= 0.3 is 0 Å². The summed E-state index contributed by atoms with van der Waals surface area (Å²) in [5.41, 5.74) is 0.917. The molecule has 0 saturated heterocycles. The summed E-state index contributed by atoms with van der Waals surface area (Å²) in [4.78, 5) is 0. The van der Waals surface area contributed by atoms with Gasteiger partial charge in [-0.2, -0.15) is 0 Å². The molecule has 120 valence electrons. The van der Waals surface area contributed by atoms with E-state index in [0.29, 0.717) is 25.4 Å². The number of nitrogens with one attached hydrogen (secondary N) is 2. The average Bonchev–Trinajstić information content (AvgIpc) is 2.40. The molecule has 0 radical (unpaired) electrons. The van der Waals surface area contributed by atoms with Crippen molar-refractivity contribution in [2.24, 2.45) is 0 Å². The van der Waals surface area contributed by atoms with Gasteiger partial charge in [0.2, 0.25) is 10.0 Å². The van der Waals surface area contributed by atoms with Gasteiger partial charge < -0.3 is 5.32 Å². The van der Waals surface area contributed by atoms with E-state index in [1.54, 1.807) is 12.1 Å². The van der Waals surface area contributed by atoms with E-state index in [0.717, 1.165) is 18.5 Å². The number of benzene rings is 1. The van der Waals surface area contributed by atoms with Gasteiger partial charge in [-0.1, -0.05) is 26.0 Å². The molecule has 0 atom stereocenters. The number of hydrogen-bond acceptors (Lipinski definition) is 3. The van der Waals surface area contributed by atoms with Gasteiger partial charge in [-0.05, 0) is 43.5 Å². The largest absolute Gasteiger partial charge is 0.315 e. The summed E-state index contributed by atoms with van der Waals surface area (Å²) in [6, 6.07) is 6.52. The Morgan fingerprint density at radius 1 is 1.10 bits per heavy atom.